The molecule has 0 bridgehead atoms. The lowest BCUT2D eigenvalue weighted by molar-refractivity contribution is 1.19. The van der Waals surface area contributed by atoms with Crippen LogP contribution in [0.4, 0.5) is 17.1 Å². The summed E-state index contributed by atoms with van der Waals surface area (Å²) in [5.74, 6) is 0. The number of nitrogens with zero attached hydrogens (tertiary/aromatic N) is 1. The van der Waals surface area contributed by atoms with Crippen molar-refractivity contribution in [3.63, 3.8) is 0 Å². The van der Waals surface area contributed by atoms with E-state index < -0.39 is 0 Å². The van der Waals surface area contributed by atoms with E-state index in [1.165, 1.54) is 4.90 Å². The van der Waals surface area contributed by atoms with Gasteiger partial charge in [0.25, 0.3) is 0 Å². The van der Waals surface area contributed by atoms with Crippen LogP contribution in [0.25, 0.3) is 0 Å². The Morgan fingerprint density at radius 1 is 1.06 bits per heavy atom. The Kier molecular flexibility index (Phi) is 4.47. The number of aromatic nitrogens is 1. The summed E-state index contributed by atoms with van der Waals surface area (Å²) in [5.41, 5.74) is 3.09. The van der Waals surface area contributed by atoms with Crippen LogP contribution in [0.1, 0.15) is 6.92 Å². The first-order valence-electron chi connectivity index (χ1n) is 5.92. The van der Waals surface area contributed by atoms with Crippen LogP contribution in [0.3, 0.4) is 0 Å². The van der Waals surface area contributed by atoms with E-state index in [0.29, 0.717) is 0 Å². The van der Waals surface area contributed by atoms with Crippen LogP contribution < -0.4 is 10.6 Å². The molecule has 0 radical (unpaired) electrons. The van der Waals surface area contributed by atoms with Gasteiger partial charge in [-0.25, -0.2) is 0 Å². The Morgan fingerprint density at radius 2 is 1.78 bits per heavy atom. The molecule has 0 atom stereocenters. The molecule has 0 spiro atoms. The van der Waals surface area contributed by atoms with Crippen LogP contribution >= 0.6 is 11.8 Å². The normalized spacial score (nSPS) is 10.1. The van der Waals surface area contributed by atoms with E-state index in [9.17, 15) is 0 Å². The third-order valence-corrected chi connectivity index (χ3v) is 3.24. The summed E-state index contributed by atoms with van der Waals surface area (Å²) in [5, 5.41) is 6.59. The molecule has 3 nitrogen and oxygen atoms in total. The number of hydrogen-bond acceptors (Lipinski definition) is 4. The Bertz CT molecular complexity index is 497. The lowest BCUT2D eigenvalue weighted by Crippen LogP contribution is -1.98. The fourth-order valence-electron chi connectivity index (χ4n) is 1.65. The summed E-state index contributed by atoms with van der Waals surface area (Å²) < 4.78 is 0. The molecule has 0 amide bonds. The number of pyridine rings is 1. The minimum absolute atomic E-state index is 0.896. The van der Waals surface area contributed by atoms with Gasteiger partial charge in [0.15, 0.2) is 0 Å². The molecule has 1 aromatic carbocycles. The summed E-state index contributed by atoms with van der Waals surface area (Å²) in [6, 6.07) is 10.4. The zero-order valence-electron chi connectivity index (χ0n) is 10.6. The Labute approximate surface area is 112 Å². The van der Waals surface area contributed by atoms with E-state index in [1.807, 2.05) is 12.4 Å². The van der Waals surface area contributed by atoms with Crippen molar-refractivity contribution >= 4 is 28.8 Å². The number of thioether (sulfide) groups is 1. The monoisotopic (exact) mass is 259 g/mol. The van der Waals surface area contributed by atoms with Gasteiger partial charge in [0, 0.05) is 17.1 Å². The van der Waals surface area contributed by atoms with Gasteiger partial charge in [0.05, 0.1) is 23.8 Å². The molecular formula is C14H17N3S. The lowest BCUT2D eigenvalue weighted by atomic mass is 10.3. The highest BCUT2D eigenvalue weighted by Gasteiger charge is 1.97. The number of hydrogen-bond donors (Lipinski definition) is 2. The molecule has 0 aliphatic rings. The number of nitrogens with one attached hydrogen (secondary N) is 2. The predicted octanol–water partition coefficient (Wildman–Crippen LogP) is 3.98. The van der Waals surface area contributed by atoms with Gasteiger partial charge in [-0.1, -0.05) is 0 Å². The molecule has 0 unspecified atom stereocenters. The summed E-state index contributed by atoms with van der Waals surface area (Å²) >= 11 is 1.74. The van der Waals surface area contributed by atoms with Gasteiger partial charge in [-0.3, -0.25) is 4.98 Å². The minimum Gasteiger partial charge on any atom is -0.384 e. The highest BCUT2D eigenvalue weighted by Crippen LogP contribution is 2.21. The quantitative estimate of drug-likeness (QED) is 0.796. The summed E-state index contributed by atoms with van der Waals surface area (Å²) in [7, 11) is 0. The maximum atomic E-state index is 4.20. The fourth-order valence-corrected chi connectivity index (χ4v) is 2.06. The van der Waals surface area contributed by atoms with Crippen LogP contribution in [0.5, 0.6) is 0 Å². The second kappa shape index (κ2) is 6.31. The topological polar surface area (TPSA) is 37.0 Å². The standard InChI is InChI=1S/C14H17N3S/c1-3-16-12-8-13(10-15-9-12)17-11-4-6-14(18-2)7-5-11/h4-10,16-17H,3H2,1-2H3. The second-order valence-corrected chi connectivity index (χ2v) is 4.73. The number of anilines is 3. The minimum atomic E-state index is 0.896. The second-order valence-electron chi connectivity index (χ2n) is 3.85. The van der Waals surface area contributed by atoms with Crippen molar-refractivity contribution in [3.05, 3.63) is 42.7 Å². The molecule has 0 saturated heterocycles. The Balaban J connectivity index is 2.09. The summed E-state index contributed by atoms with van der Waals surface area (Å²) in [6.45, 7) is 2.97. The maximum absolute atomic E-state index is 4.20. The van der Waals surface area contributed by atoms with Gasteiger partial charge in [-0.05, 0) is 43.5 Å². The van der Waals surface area contributed by atoms with Crippen LogP contribution in [0.2, 0.25) is 0 Å². The molecule has 0 aliphatic heterocycles. The average molecular weight is 259 g/mol. The summed E-state index contributed by atoms with van der Waals surface area (Å²) in [6.07, 6.45) is 5.72. The Morgan fingerprint density at radius 3 is 2.44 bits per heavy atom. The van der Waals surface area contributed by atoms with E-state index in [-0.39, 0.29) is 0 Å². The van der Waals surface area contributed by atoms with Crippen molar-refractivity contribution in [2.24, 2.45) is 0 Å². The van der Waals surface area contributed by atoms with Crippen LogP contribution in [0.15, 0.2) is 47.6 Å². The zero-order chi connectivity index (χ0) is 12.8. The molecule has 0 saturated carbocycles. The van der Waals surface area contributed by atoms with Crippen LogP contribution in [0, 0.1) is 0 Å². The van der Waals surface area contributed by atoms with Gasteiger partial charge in [-0.2, -0.15) is 0 Å². The molecule has 0 aliphatic carbocycles. The van der Waals surface area contributed by atoms with E-state index in [2.05, 4.69) is 59.1 Å². The largest absolute Gasteiger partial charge is 0.384 e. The highest BCUT2D eigenvalue weighted by atomic mass is 32.2. The predicted molar refractivity (Wildman–Crippen MR) is 79.9 cm³/mol. The zero-order valence-corrected chi connectivity index (χ0v) is 11.4. The van der Waals surface area contributed by atoms with Gasteiger partial charge >= 0.3 is 0 Å². The van der Waals surface area contributed by atoms with Crippen LogP contribution in [-0.2, 0) is 0 Å². The first kappa shape index (κ1) is 12.8. The SMILES string of the molecule is CCNc1cncc(Nc2ccc(SC)cc2)c1. The van der Waals surface area contributed by atoms with Crippen molar-refractivity contribution < 1.29 is 0 Å². The lowest BCUT2D eigenvalue weighted by Gasteiger charge is -2.09. The molecule has 2 N–H and O–H groups in total. The van der Waals surface area contributed by atoms with Crippen molar-refractivity contribution in [1.82, 2.24) is 4.98 Å². The smallest absolute Gasteiger partial charge is 0.0591 e. The first-order valence-corrected chi connectivity index (χ1v) is 7.14. The molecule has 2 aromatic rings. The summed E-state index contributed by atoms with van der Waals surface area (Å²) in [4.78, 5) is 5.47. The van der Waals surface area contributed by atoms with Crippen LogP contribution in [-0.4, -0.2) is 17.8 Å². The molecule has 2 rings (SSSR count). The molecule has 94 valence electrons. The number of rotatable bonds is 5. The molecule has 1 heterocycles. The van der Waals surface area contributed by atoms with Gasteiger partial charge in [-0.15, -0.1) is 11.8 Å². The fraction of sp³-hybridized carbons (Fsp3) is 0.214. The third-order valence-electron chi connectivity index (χ3n) is 2.50. The highest BCUT2D eigenvalue weighted by molar-refractivity contribution is 7.98. The van der Waals surface area contributed by atoms with Crippen molar-refractivity contribution in [1.29, 1.82) is 0 Å². The van der Waals surface area contributed by atoms with E-state index >= 15 is 0 Å². The maximum Gasteiger partial charge on any atom is 0.0591 e. The molecule has 4 heteroatoms. The third kappa shape index (κ3) is 3.40. The molecule has 0 fully saturated rings. The average Bonchev–Trinajstić information content (AvgIpc) is 2.40. The van der Waals surface area contributed by atoms with Crippen molar-refractivity contribution in [2.75, 3.05) is 23.4 Å². The van der Waals surface area contributed by atoms with Crippen molar-refractivity contribution in [3.8, 4) is 0 Å². The van der Waals surface area contributed by atoms with Gasteiger partial charge < -0.3 is 10.6 Å². The van der Waals surface area contributed by atoms with E-state index in [4.69, 9.17) is 0 Å². The van der Waals surface area contributed by atoms with E-state index in [0.717, 1.165) is 23.6 Å². The molecular weight excluding hydrogens is 242 g/mol. The molecule has 1 aromatic heterocycles. The Hall–Kier alpha value is -1.68. The number of benzene rings is 1. The molecule has 18 heavy (non-hydrogen) atoms. The van der Waals surface area contributed by atoms with E-state index in [1.54, 1.807) is 11.8 Å². The first-order chi connectivity index (χ1) is 8.81. The van der Waals surface area contributed by atoms with Crippen molar-refractivity contribution in [2.45, 2.75) is 11.8 Å². The van der Waals surface area contributed by atoms with Gasteiger partial charge in [0.1, 0.15) is 0 Å². The van der Waals surface area contributed by atoms with Gasteiger partial charge in [0.2, 0.25) is 0 Å².